The van der Waals surface area contributed by atoms with Gasteiger partial charge in [-0.05, 0) is 19.1 Å². The third-order valence-corrected chi connectivity index (χ3v) is 2.90. The fraction of sp³-hybridized carbons (Fsp3) is 0.385. The summed E-state index contributed by atoms with van der Waals surface area (Å²) in [7, 11) is 1.71. The Morgan fingerprint density at radius 2 is 2.17 bits per heavy atom. The molecule has 0 bridgehead atoms. The Kier molecular flexibility index (Phi) is 3.50. The van der Waals surface area contributed by atoms with Gasteiger partial charge in [-0.1, -0.05) is 12.1 Å². The molecule has 18 heavy (non-hydrogen) atoms. The van der Waals surface area contributed by atoms with Gasteiger partial charge in [0.1, 0.15) is 6.04 Å². The maximum absolute atomic E-state index is 12.1. The minimum Gasteiger partial charge on any atom is -0.466 e. The number of nitrogens with zero attached hydrogens (tertiary/aromatic N) is 1. The third kappa shape index (κ3) is 2.30. The average Bonchev–Trinajstić information content (AvgIpc) is 2.36. The molecule has 1 atom stereocenters. The van der Waals surface area contributed by atoms with Gasteiger partial charge in [-0.2, -0.15) is 0 Å². The SMILES string of the molecule is CCOC(=O)CC1Nc2ccccc2N(C)C1=O. The molecule has 5 nitrogen and oxygen atoms in total. The van der Waals surface area contributed by atoms with E-state index in [1.54, 1.807) is 18.9 Å². The van der Waals surface area contributed by atoms with E-state index in [4.69, 9.17) is 4.74 Å². The average molecular weight is 248 g/mol. The molecule has 0 aliphatic carbocycles. The van der Waals surface area contributed by atoms with Crippen molar-refractivity contribution >= 4 is 23.3 Å². The number of anilines is 2. The molecule has 1 unspecified atom stereocenters. The Morgan fingerprint density at radius 3 is 2.89 bits per heavy atom. The van der Waals surface area contributed by atoms with Crippen molar-refractivity contribution in [1.29, 1.82) is 0 Å². The number of amides is 1. The zero-order chi connectivity index (χ0) is 13.1. The molecule has 0 saturated heterocycles. The van der Waals surface area contributed by atoms with Gasteiger partial charge in [0.15, 0.2) is 0 Å². The van der Waals surface area contributed by atoms with Crippen molar-refractivity contribution < 1.29 is 14.3 Å². The molecule has 1 N–H and O–H groups in total. The van der Waals surface area contributed by atoms with Crippen LogP contribution in [0.3, 0.4) is 0 Å². The number of hydrogen-bond donors (Lipinski definition) is 1. The first-order chi connectivity index (χ1) is 8.63. The molecule has 1 aromatic rings. The van der Waals surface area contributed by atoms with Crippen LogP contribution in [-0.2, 0) is 14.3 Å². The van der Waals surface area contributed by atoms with Crippen LogP contribution in [0.25, 0.3) is 0 Å². The topological polar surface area (TPSA) is 58.6 Å². The molecule has 2 rings (SSSR count). The zero-order valence-electron chi connectivity index (χ0n) is 10.5. The summed E-state index contributed by atoms with van der Waals surface area (Å²) in [5.41, 5.74) is 1.68. The molecule has 5 heteroatoms. The normalized spacial score (nSPS) is 18.0. The van der Waals surface area contributed by atoms with Crippen LogP contribution < -0.4 is 10.2 Å². The van der Waals surface area contributed by atoms with E-state index in [9.17, 15) is 9.59 Å². The summed E-state index contributed by atoms with van der Waals surface area (Å²) in [4.78, 5) is 25.1. The molecule has 1 aliphatic rings. The molecule has 0 aromatic heterocycles. The van der Waals surface area contributed by atoms with E-state index >= 15 is 0 Å². The van der Waals surface area contributed by atoms with Crippen molar-refractivity contribution in [1.82, 2.24) is 0 Å². The van der Waals surface area contributed by atoms with Crippen molar-refractivity contribution in [3.05, 3.63) is 24.3 Å². The summed E-state index contributed by atoms with van der Waals surface area (Å²) in [6.45, 7) is 2.07. The van der Waals surface area contributed by atoms with Crippen LogP contribution in [0.5, 0.6) is 0 Å². The predicted octanol–water partition coefficient (Wildman–Crippen LogP) is 1.40. The number of hydrogen-bond acceptors (Lipinski definition) is 4. The lowest BCUT2D eigenvalue weighted by atomic mass is 10.1. The first kappa shape index (κ1) is 12.4. The van der Waals surface area contributed by atoms with Gasteiger partial charge in [-0.3, -0.25) is 9.59 Å². The highest BCUT2D eigenvalue weighted by molar-refractivity contribution is 6.05. The smallest absolute Gasteiger partial charge is 0.308 e. The lowest BCUT2D eigenvalue weighted by Crippen LogP contribution is -2.46. The summed E-state index contributed by atoms with van der Waals surface area (Å²) >= 11 is 0. The van der Waals surface area contributed by atoms with Gasteiger partial charge in [0, 0.05) is 7.05 Å². The molecule has 1 heterocycles. The number of benzene rings is 1. The summed E-state index contributed by atoms with van der Waals surface area (Å²) in [6, 6.07) is 6.95. The maximum Gasteiger partial charge on any atom is 0.308 e. The number of rotatable bonds is 3. The van der Waals surface area contributed by atoms with Crippen LogP contribution in [0, 0.1) is 0 Å². The number of fused-ring (bicyclic) bond motifs is 1. The molecule has 0 radical (unpaired) electrons. The maximum atomic E-state index is 12.1. The number of nitrogens with one attached hydrogen (secondary N) is 1. The molecular weight excluding hydrogens is 232 g/mol. The first-order valence-electron chi connectivity index (χ1n) is 5.92. The fourth-order valence-corrected chi connectivity index (χ4v) is 2.02. The summed E-state index contributed by atoms with van der Waals surface area (Å²) in [5.74, 6) is -0.488. The highest BCUT2D eigenvalue weighted by Crippen LogP contribution is 2.30. The number of ether oxygens (including phenoxy) is 1. The number of carbonyl (C=O) groups excluding carboxylic acids is 2. The Hall–Kier alpha value is -2.04. The van der Waals surface area contributed by atoms with E-state index in [2.05, 4.69) is 5.32 Å². The minimum atomic E-state index is -0.552. The zero-order valence-corrected chi connectivity index (χ0v) is 10.5. The van der Waals surface area contributed by atoms with Crippen LogP contribution in [-0.4, -0.2) is 31.6 Å². The molecule has 1 aromatic carbocycles. The van der Waals surface area contributed by atoms with Crippen molar-refractivity contribution in [3.8, 4) is 0 Å². The van der Waals surface area contributed by atoms with Gasteiger partial charge in [-0.15, -0.1) is 0 Å². The Morgan fingerprint density at radius 1 is 1.44 bits per heavy atom. The summed E-state index contributed by atoms with van der Waals surface area (Å²) < 4.78 is 4.87. The van der Waals surface area contributed by atoms with Gasteiger partial charge in [0.25, 0.3) is 0 Å². The molecule has 0 saturated carbocycles. The van der Waals surface area contributed by atoms with Gasteiger partial charge in [0.2, 0.25) is 5.91 Å². The largest absolute Gasteiger partial charge is 0.466 e. The third-order valence-electron chi connectivity index (χ3n) is 2.90. The van der Waals surface area contributed by atoms with E-state index in [1.807, 2.05) is 24.3 Å². The lowest BCUT2D eigenvalue weighted by Gasteiger charge is -2.32. The highest BCUT2D eigenvalue weighted by atomic mass is 16.5. The second-order valence-electron chi connectivity index (χ2n) is 4.12. The number of carbonyl (C=O) groups is 2. The molecule has 0 fully saturated rings. The molecular formula is C13H16N2O3. The molecule has 0 spiro atoms. The van der Waals surface area contributed by atoms with Crippen LogP contribution in [0.1, 0.15) is 13.3 Å². The quantitative estimate of drug-likeness (QED) is 0.821. The first-order valence-corrected chi connectivity index (χ1v) is 5.92. The van der Waals surface area contributed by atoms with E-state index < -0.39 is 6.04 Å². The van der Waals surface area contributed by atoms with E-state index in [-0.39, 0.29) is 18.3 Å². The second kappa shape index (κ2) is 5.08. The monoisotopic (exact) mass is 248 g/mol. The van der Waals surface area contributed by atoms with Crippen LogP contribution in [0.4, 0.5) is 11.4 Å². The van der Waals surface area contributed by atoms with Gasteiger partial charge < -0.3 is 15.0 Å². The van der Waals surface area contributed by atoms with E-state index in [0.717, 1.165) is 11.4 Å². The van der Waals surface area contributed by atoms with Crippen molar-refractivity contribution in [2.45, 2.75) is 19.4 Å². The standard InChI is InChI=1S/C13H16N2O3/c1-3-18-12(16)8-10-13(17)15(2)11-7-5-4-6-9(11)14-10/h4-7,10,14H,3,8H2,1-2H3. The number of esters is 1. The van der Waals surface area contributed by atoms with Crippen molar-refractivity contribution in [2.75, 3.05) is 23.9 Å². The lowest BCUT2D eigenvalue weighted by molar-refractivity contribution is -0.144. The van der Waals surface area contributed by atoms with Crippen LogP contribution >= 0.6 is 0 Å². The Labute approximate surface area is 106 Å². The van der Waals surface area contributed by atoms with Crippen LogP contribution in [0.2, 0.25) is 0 Å². The second-order valence-corrected chi connectivity index (χ2v) is 4.12. The summed E-state index contributed by atoms with van der Waals surface area (Å²) in [6.07, 6.45) is 0.0470. The van der Waals surface area contributed by atoms with E-state index in [0.29, 0.717) is 6.61 Å². The van der Waals surface area contributed by atoms with Gasteiger partial charge in [0.05, 0.1) is 24.4 Å². The molecule has 1 amide bonds. The Balaban J connectivity index is 2.17. The van der Waals surface area contributed by atoms with E-state index in [1.165, 1.54) is 0 Å². The summed E-state index contributed by atoms with van der Waals surface area (Å²) in [5, 5.41) is 3.07. The number of para-hydroxylation sites is 2. The number of likely N-dealkylation sites (N-methyl/N-ethyl adjacent to an activating group) is 1. The molecule has 96 valence electrons. The molecule has 1 aliphatic heterocycles. The van der Waals surface area contributed by atoms with Gasteiger partial charge >= 0.3 is 5.97 Å². The predicted molar refractivity (Wildman–Crippen MR) is 68.5 cm³/mol. The fourth-order valence-electron chi connectivity index (χ4n) is 2.02. The van der Waals surface area contributed by atoms with Crippen molar-refractivity contribution in [2.24, 2.45) is 0 Å². The van der Waals surface area contributed by atoms with Gasteiger partial charge in [-0.25, -0.2) is 0 Å². The minimum absolute atomic E-state index is 0.0470. The highest BCUT2D eigenvalue weighted by Gasteiger charge is 2.31. The van der Waals surface area contributed by atoms with Crippen LogP contribution in [0.15, 0.2) is 24.3 Å². The van der Waals surface area contributed by atoms with Crippen molar-refractivity contribution in [3.63, 3.8) is 0 Å². The Bertz CT molecular complexity index is 473.